The second-order valence-corrected chi connectivity index (χ2v) is 14.8. The number of ether oxygens (including phenoxy) is 2. The molecule has 0 bridgehead atoms. The van der Waals surface area contributed by atoms with Crippen LogP contribution in [0.25, 0.3) is 0 Å². The zero-order valence-corrected chi connectivity index (χ0v) is 30.6. The molecule has 3 aromatic carbocycles. The van der Waals surface area contributed by atoms with Gasteiger partial charge in [-0.15, -0.1) is 0 Å². The van der Waals surface area contributed by atoms with Crippen molar-refractivity contribution in [3.63, 3.8) is 0 Å². The molecule has 0 aromatic heterocycles. The third-order valence-corrected chi connectivity index (χ3v) is 7.46. The Morgan fingerprint density at radius 2 is 1.14 bits per heavy atom. The monoisotopic (exact) mass is 671 g/mol. The van der Waals surface area contributed by atoms with Gasteiger partial charge in [0.05, 0.1) is 0 Å². The number of esters is 1. The van der Waals surface area contributed by atoms with Gasteiger partial charge in [-0.25, -0.2) is 9.59 Å². The molecule has 2 N–H and O–H groups in total. The summed E-state index contributed by atoms with van der Waals surface area (Å²) in [5.41, 5.74) is 2.47. The maximum atomic E-state index is 14.8. The van der Waals surface area contributed by atoms with Crippen LogP contribution in [0.15, 0.2) is 78.9 Å². The standard InChI is InChI=1S/C40H53N3O6/c1-26(2)43(36(45)32(24-29-17-13-11-14-18-29)42-38(47)49-40(8,9)10)34(31-22-27(3)21-28(4)23-31)35(44)41-33(37(46)48-39(5,6)7)25-30-19-15-12-16-20-30/h11-23,26,32-34H,24-25H2,1-10H3,(H,41,44)(H,42,47). The number of benzene rings is 3. The third-order valence-electron chi connectivity index (χ3n) is 7.46. The Morgan fingerprint density at radius 3 is 1.59 bits per heavy atom. The van der Waals surface area contributed by atoms with E-state index in [1.165, 1.54) is 4.90 Å². The first-order chi connectivity index (χ1) is 22.8. The molecule has 0 radical (unpaired) electrons. The molecule has 3 aromatic rings. The van der Waals surface area contributed by atoms with Gasteiger partial charge in [-0.2, -0.15) is 0 Å². The van der Waals surface area contributed by atoms with Crippen LogP contribution in [0.5, 0.6) is 0 Å². The Labute approximate surface area is 291 Å². The van der Waals surface area contributed by atoms with E-state index in [0.717, 1.165) is 22.3 Å². The number of carbonyl (C=O) groups excluding carboxylic acids is 4. The molecule has 0 aliphatic carbocycles. The number of nitrogens with zero attached hydrogens (tertiary/aromatic N) is 1. The number of aryl methyl sites for hydroxylation is 2. The fourth-order valence-electron chi connectivity index (χ4n) is 5.63. The fraction of sp³-hybridized carbons (Fsp3) is 0.450. The highest BCUT2D eigenvalue weighted by Crippen LogP contribution is 2.28. The molecule has 9 heteroatoms. The average molecular weight is 672 g/mol. The molecule has 49 heavy (non-hydrogen) atoms. The number of hydrogen-bond acceptors (Lipinski definition) is 6. The summed E-state index contributed by atoms with van der Waals surface area (Å²) in [5.74, 6) is -1.60. The number of nitrogens with one attached hydrogen (secondary N) is 2. The van der Waals surface area contributed by atoms with Crippen LogP contribution < -0.4 is 10.6 Å². The van der Waals surface area contributed by atoms with Crippen LogP contribution in [0.2, 0.25) is 0 Å². The average Bonchev–Trinajstić information content (AvgIpc) is 2.97. The van der Waals surface area contributed by atoms with E-state index in [4.69, 9.17) is 9.47 Å². The predicted molar refractivity (Wildman–Crippen MR) is 192 cm³/mol. The largest absolute Gasteiger partial charge is 0.458 e. The Balaban J connectivity index is 2.12. The van der Waals surface area contributed by atoms with E-state index in [1.54, 1.807) is 41.5 Å². The van der Waals surface area contributed by atoms with Crippen LogP contribution in [0.1, 0.15) is 89.2 Å². The zero-order chi connectivity index (χ0) is 36.5. The summed E-state index contributed by atoms with van der Waals surface area (Å²) in [6.07, 6.45) is -0.392. The Kier molecular flexibility index (Phi) is 13.2. The minimum absolute atomic E-state index is 0.165. The van der Waals surface area contributed by atoms with Crippen molar-refractivity contribution < 1.29 is 28.7 Å². The van der Waals surface area contributed by atoms with Crippen LogP contribution in [-0.2, 0) is 36.7 Å². The van der Waals surface area contributed by atoms with E-state index in [1.807, 2.05) is 107 Å². The molecule has 0 heterocycles. The van der Waals surface area contributed by atoms with Crippen LogP contribution in [-0.4, -0.2) is 58.1 Å². The van der Waals surface area contributed by atoms with E-state index >= 15 is 0 Å². The number of alkyl carbamates (subject to hydrolysis) is 1. The predicted octanol–water partition coefficient (Wildman–Crippen LogP) is 6.79. The van der Waals surface area contributed by atoms with Crippen LogP contribution >= 0.6 is 0 Å². The minimum atomic E-state index is -1.15. The normalized spacial score (nSPS) is 13.5. The van der Waals surface area contributed by atoms with Crippen molar-refractivity contribution in [3.05, 3.63) is 107 Å². The molecule has 3 amide bonds. The van der Waals surface area contributed by atoms with Gasteiger partial charge in [0, 0.05) is 18.9 Å². The molecule has 3 atom stereocenters. The minimum Gasteiger partial charge on any atom is -0.458 e. The molecule has 3 unspecified atom stereocenters. The number of rotatable bonds is 12. The first-order valence-electron chi connectivity index (χ1n) is 16.8. The topological polar surface area (TPSA) is 114 Å². The van der Waals surface area contributed by atoms with Crippen LogP contribution in [0, 0.1) is 13.8 Å². The van der Waals surface area contributed by atoms with Crippen molar-refractivity contribution >= 4 is 23.9 Å². The Hall–Kier alpha value is -4.66. The summed E-state index contributed by atoms with van der Waals surface area (Å²) in [6, 6.07) is 20.7. The molecule has 264 valence electrons. The summed E-state index contributed by atoms with van der Waals surface area (Å²) < 4.78 is 11.3. The van der Waals surface area contributed by atoms with Gasteiger partial charge in [-0.3, -0.25) is 9.59 Å². The third kappa shape index (κ3) is 12.4. The highest BCUT2D eigenvalue weighted by Gasteiger charge is 2.40. The van der Waals surface area contributed by atoms with Gasteiger partial charge in [-0.05, 0) is 85.9 Å². The van der Waals surface area contributed by atoms with Crippen molar-refractivity contribution in [1.82, 2.24) is 15.5 Å². The lowest BCUT2D eigenvalue weighted by molar-refractivity contribution is -0.159. The van der Waals surface area contributed by atoms with Crippen molar-refractivity contribution in [2.24, 2.45) is 0 Å². The van der Waals surface area contributed by atoms with Gasteiger partial charge < -0.3 is 25.0 Å². The summed E-state index contributed by atoms with van der Waals surface area (Å²) in [7, 11) is 0. The van der Waals surface area contributed by atoms with E-state index in [0.29, 0.717) is 5.56 Å². The van der Waals surface area contributed by atoms with Crippen LogP contribution in [0.4, 0.5) is 4.79 Å². The van der Waals surface area contributed by atoms with Crippen molar-refractivity contribution in [1.29, 1.82) is 0 Å². The number of hydrogen-bond donors (Lipinski definition) is 2. The zero-order valence-electron chi connectivity index (χ0n) is 30.6. The smallest absolute Gasteiger partial charge is 0.408 e. The molecule has 3 rings (SSSR count). The molecule has 0 spiro atoms. The number of carbonyl (C=O) groups is 4. The van der Waals surface area contributed by atoms with Crippen molar-refractivity contribution in [2.75, 3.05) is 0 Å². The first-order valence-corrected chi connectivity index (χ1v) is 16.8. The van der Waals surface area contributed by atoms with Crippen molar-refractivity contribution in [2.45, 2.75) is 117 Å². The van der Waals surface area contributed by atoms with E-state index in [-0.39, 0.29) is 12.8 Å². The van der Waals surface area contributed by atoms with Gasteiger partial charge in [0.15, 0.2) is 0 Å². The highest BCUT2D eigenvalue weighted by atomic mass is 16.6. The summed E-state index contributed by atoms with van der Waals surface area (Å²) in [6.45, 7) is 18.1. The van der Waals surface area contributed by atoms with Crippen molar-refractivity contribution in [3.8, 4) is 0 Å². The van der Waals surface area contributed by atoms with E-state index in [2.05, 4.69) is 10.6 Å². The number of amides is 3. The molecular weight excluding hydrogens is 618 g/mol. The summed E-state index contributed by atoms with van der Waals surface area (Å²) >= 11 is 0. The first kappa shape index (κ1) is 38.8. The second-order valence-electron chi connectivity index (χ2n) is 14.8. The lowest BCUT2D eigenvalue weighted by atomic mass is 9.95. The molecule has 0 aliphatic heterocycles. The molecule has 0 fully saturated rings. The Bertz CT molecular complexity index is 1550. The van der Waals surface area contributed by atoms with E-state index < -0.39 is 59.2 Å². The van der Waals surface area contributed by atoms with Gasteiger partial charge in [0.1, 0.15) is 29.3 Å². The van der Waals surface area contributed by atoms with Gasteiger partial charge >= 0.3 is 12.1 Å². The molecule has 0 saturated heterocycles. The van der Waals surface area contributed by atoms with Gasteiger partial charge in [0.25, 0.3) is 0 Å². The molecular formula is C40H53N3O6. The molecule has 0 saturated carbocycles. The lowest BCUT2D eigenvalue weighted by Crippen LogP contribution is -2.57. The van der Waals surface area contributed by atoms with Gasteiger partial charge in [0.2, 0.25) is 11.8 Å². The SMILES string of the molecule is Cc1cc(C)cc(C(C(=O)NC(Cc2ccccc2)C(=O)OC(C)(C)C)N(C(=O)C(Cc2ccccc2)NC(=O)OC(C)(C)C)C(C)C)c1. The Morgan fingerprint density at radius 1 is 0.673 bits per heavy atom. The summed E-state index contributed by atoms with van der Waals surface area (Å²) in [5, 5.41) is 5.74. The second kappa shape index (κ2) is 16.6. The quantitative estimate of drug-likeness (QED) is 0.205. The van der Waals surface area contributed by atoms with Gasteiger partial charge in [-0.1, -0.05) is 90.0 Å². The lowest BCUT2D eigenvalue weighted by Gasteiger charge is -2.38. The maximum absolute atomic E-state index is 14.8. The fourth-order valence-corrected chi connectivity index (χ4v) is 5.63. The van der Waals surface area contributed by atoms with E-state index in [9.17, 15) is 19.2 Å². The van der Waals surface area contributed by atoms with Crippen LogP contribution in [0.3, 0.4) is 0 Å². The molecule has 0 aliphatic rings. The maximum Gasteiger partial charge on any atom is 0.408 e. The molecule has 9 nitrogen and oxygen atoms in total. The highest BCUT2D eigenvalue weighted by molar-refractivity contribution is 5.94. The summed E-state index contributed by atoms with van der Waals surface area (Å²) in [4.78, 5) is 57.6.